The van der Waals surface area contributed by atoms with Gasteiger partial charge < -0.3 is 19.3 Å². The number of benzene rings is 2. The number of hydrogen-bond donors (Lipinski definition) is 0. The van der Waals surface area contributed by atoms with Crippen molar-refractivity contribution in [3.8, 4) is 11.5 Å². The average molecular weight is 372 g/mol. The molecule has 1 saturated heterocycles. The minimum Gasteiger partial charge on any atom is -0.497 e. The number of amides is 1. The van der Waals surface area contributed by atoms with Crippen molar-refractivity contribution in [2.45, 2.75) is 0 Å². The third-order valence-electron chi connectivity index (χ3n) is 4.52. The van der Waals surface area contributed by atoms with Crippen molar-refractivity contribution in [2.75, 3.05) is 44.8 Å². The fourth-order valence-electron chi connectivity index (χ4n) is 2.97. The van der Waals surface area contributed by atoms with Crippen LogP contribution in [0.1, 0.15) is 10.4 Å². The second kappa shape index (κ2) is 8.53. The van der Waals surface area contributed by atoms with Crippen molar-refractivity contribution in [1.82, 2.24) is 4.90 Å². The number of nitrogens with zero attached hydrogens (tertiary/aromatic N) is 2. The number of carbonyl (C=O) groups excluding carboxylic acids is 2. The second-order valence-electron chi connectivity index (χ2n) is 6.15. The van der Waals surface area contributed by atoms with Crippen LogP contribution in [0.5, 0.6) is 11.5 Å². The molecule has 3 rings (SSSR count). The third kappa shape index (κ3) is 4.55. The van der Waals surface area contributed by atoms with Crippen LogP contribution in [0.15, 0.2) is 42.5 Å². The van der Waals surface area contributed by atoms with Crippen LogP contribution >= 0.6 is 0 Å². The van der Waals surface area contributed by atoms with E-state index in [4.69, 9.17) is 9.47 Å². The number of anilines is 1. The van der Waals surface area contributed by atoms with E-state index in [1.807, 2.05) is 0 Å². The van der Waals surface area contributed by atoms with Gasteiger partial charge in [0, 0.05) is 31.9 Å². The van der Waals surface area contributed by atoms with Gasteiger partial charge in [-0.05, 0) is 42.5 Å². The van der Waals surface area contributed by atoms with Crippen LogP contribution in [0, 0.1) is 5.82 Å². The van der Waals surface area contributed by atoms with Gasteiger partial charge in [-0.2, -0.15) is 0 Å². The largest absolute Gasteiger partial charge is 0.497 e. The van der Waals surface area contributed by atoms with Crippen molar-refractivity contribution < 1.29 is 23.5 Å². The molecule has 1 aliphatic rings. The molecule has 27 heavy (non-hydrogen) atoms. The van der Waals surface area contributed by atoms with Crippen LogP contribution in [0.2, 0.25) is 0 Å². The van der Waals surface area contributed by atoms with Gasteiger partial charge >= 0.3 is 0 Å². The summed E-state index contributed by atoms with van der Waals surface area (Å²) >= 11 is 0. The van der Waals surface area contributed by atoms with E-state index in [-0.39, 0.29) is 18.3 Å². The lowest BCUT2D eigenvalue weighted by molar-refractivity contribution is -0.133. The standard InChI is InChI=1S/C20H21FN2O4/c1-26-18-6-7-19(15(12-18)13-24)27-14-20(25)23-10-8-22(9-11-23)17-4-2-16(21)3-5-17/h2-7,12-13H,8-11,14H2,1H3. The summed E-state index contributed by atoms with van der Waals surface area (Å²) in [6.07, 6.45) is 0.670. The van der Waals surface area contributed by atoms with Gasteiger partial charge in [0.25, 0.3) is 5.91 Å². The van der Waals surface area contributed by atoms with Crippen molar-refractivity contribution in [2.24, 2.45) is 0 Å². The highest BCUT2D eigenvalue weighted by molar-refractivity contribution is 5.81. The number of hydrogen-bond acceptors (Lipinski definition) is 5. The first kappa shape index (κ1) is 18.7. The van der Waals surface area contributed by atoms with E-state index in [1.54, 1.807) is 35.2 Å². The maximum absolute atomic E-state index is 13.0. The number of aldehydes is 1. The Hall–Kier alpha value is -3.09. The van der Waals surface area contributed by atoms with Gasteiger partial charge in [-0.1, -0.05) is 0 Å². The summed E-state index contributed by atoms with van der Waals surface area (Å²) in [4.78, 5) is 27.4. The fourth-order valence-corrected chi connectivity index (χ4v) is 2.97. The van der Waals surface area contributed by atoms with Crippen LogP contribution in [-0.2, 0) is 4.79 Å². The smallest absolute Gasteiger partial charge is 0.260 e. The highest BCUT2D eigenvalue weighted by Gasteiger charge is 2.22. The molecule has 0 radical (unpaired) electrons. The lowest BCUT2D eigenvalue weighted by Gasteiger charge is -2.36. The van der Waals surface area contributed by atoms with E-state index in [0.717, 1.165) is 5.69 Å². The molecule has 0 saturated carbocycles. The van der Waals surface area contributed by atoms with Crippen LogP contribution in [0.25, 0.3) is 0 Å². The summed E-state index contributed by atoms with van der Waals surface area (Å²) < 4.78 is 23.6. The maximum atomic E-state index is 13.0. The van der Waals surface area contributed by atoms with Gasteiger partial charge in [0.2, 0.25) is 0 Å². The number of ether oxygens (including phenoxy) is 2. The minimum atomic E-state index is -0.266. The SMILES string of the molecule is COc1ccc(OCC(=O)N2CCN(c3ccc(F)cc3)CC2)c(C=O)c1. The zero-order chi connectivity index (χ0) is 19.2. The first-order valence-corrected chi connectivity index (χ1v) is 8.65. The Labute approximate surface area is 157 Å². The Balaban J connectivity index is 1.52. The molecule has 7 heteroatoms. The van der Waals surface area contributed by atoms with E-state index < -0.39 is 0 Å². The topological polar surface area (TPSA) is 59.1 Å². The minimum absolute atomic E-state index is 0.135. The first-order chi connectivity index (χ1) is 13.1. The molecule has 0 spiro atoms. The van der Waals surface area contributed by atoms with E-state index in [9.17, 15) is 14.0 Å². The molecule has 1 amide bonds. The molecule has 2 aromatic carbocycles. The van der Waals surface area contributed by atoms with Crippen molar-refractivity contribution in [3.63, 3.8) is 0 Å². The highest BCUT2D eigenvalue weighted by Crippen LogP contribution is 2.23. The molecule has 0 atom stereocenters. The summed E-state index contributed by atoms with van der Waals surface area (Å²) in [5, 5.41) is 0. The molecular weight excluding hydrogens is 351 g/mol. The van der Waals surface area contributed by atoms with Crippen molar-refractivity contribution in [3.05, 3.63) is 53.8 Å². The summed E-state index contributed by atoms with van der Waals surface area (Å²) in [6.45, 7) is 2.31. The zero-order valence-electron chi connectivity index (χ0n) is 15.1. The summed E-state index contributed by atoms with van der Waals surface area (Å²) in [7, 11) is 1.51. The molecule has 0 aromatic heterocycles. The molecule has 0 unspecified atom stereocenters. The molecule has 1 fully saturated rings. The summed E-state index contributed by atoms with van der Waals surface area (Å²) in [6, 6.07) is 11.2. The van der Waals surface area contributed by atoms with Gasteiger partial charge in [0.05, 0.1) is 12.7 Å². The monoisotopic (exact) mass is 372 g/mol. The molecule has 142 valence electrons. The third-order valence-corrected chi connectivity index (χ3v) is 4.52. The Kier molecular flexibility index (Phi) is 5.90. The quantitative estimate of drug-likeness (QED) is 0.729. The molecular formula is C20H21FN2O4. The highest BCUT2D eigenvalue weighted by atomic mass is 19.1. The van der Waals surface area contributed by atoms with Gasteiger partial charge in [0.1, 0.15) is 17.3 Å². The molecule has 2 aromatic rings. The number of rotatable bonds is 6. The number of methoxy groups -OCH3 is 1. The lowest BCUT2D eigenvalue weighted by atomic mass is 10.2. The predicted octanol–water partition coefficient (Wildman–Crippen LogP) is 2.37. The summed E-state index contributed by atoms with van der Waals surface area (Å²) in [5.74, 6) is 0.496. The summed E-state index contributed by atoms with van der Waals surface area (Å²) in [5.41, 5.74) is 1.27. The Morgan fingerprint density at radius 3 is 2.44 bits per heavy atom. The normalized spacial score (nSPS) is 14.0. The van der Waals surface area contributed by atoms with E-state index in [1.165, 1.54) is 19.2 Å². The second-order valence-corrected chi connectivity index (χ2v) is 6.15. The van der Waals surface area contributed by atoms with E-state index in [2.05, 4.69) is 4.90 Å². The average Bonchev–Trinajstić information content (AvgIpc) is 2.72. The molecule has 1 heterocycles. The number of carbonyl (C=O) groups is 2. The van der Waals surface area contributed by atoms with Gasteiger partial charge in [-0.25, -0.2) is 4.39 Å². The first-order valence-electron chi connectivity index (χ1n) is 8.65. The van der Waals surface area contributed by atoms with E-state index in [0.29, 0.717) is 49.5 Å². The Bertz CT molecular complexity index is 802. The molecule has 1 aliphatic heterocycles. The number of halogens is 1. The van der Waals surface area contributed by atoms with Crippen LogP contribution in [0.3, 0.4) is 0 Å². The maximum Gasteiger partial charge on any atom is 0.260 e. The molecule has 0 N–H and O–H groups in total. The lowest BCUT2D eigenvalue weighted by Crippen LogP contribution is -2.50. The van der Waals surface area contributed by atoms with Crippen LogP contribution in [0.4, 0.5) is 10.1 Å². The van der Waals surface area contributed by atoms with Crippen LogP contribution in [-0.4, -0.2) is 57.0 Å². The fraction of sp³-hybridized carbons (Fsp3) is 0.300. The van der Waals surface area contributed by atoms with Gasteiger partial charge in [0.15, 0.2) is 12.9 Å². The van der Waals surface area contributed by atoms with Gasteiger partial charge in [-0.3, -0.25) is 9.59 Å². The number of piperazine rings is 1. The predicted molar refractivity (Wildman–Crippen MR) is 99.1 cm³/mol. The van der Waals surface area contributed by atoms with Crippen molar-refractivity contribution >= 4 is 17.9 Å². The Morgan fingerprint density at radius 2 is 1.81 bits per heavy atom. The van der Waals surface area contributed by atoms with Gasteiger partial charge in [-0.15, -0.1) is 0 Å². The van der Waals surface area contributed by atoms with Crippen LogP contribution < -0.4 is 14.4 Å². The van der Waals surface area contributed by atoms with Crippen molar-refractivity contribution in [1.29, 1.82) is 0 Å². The molecule has 0 aliphatic carbocycles. The van der Waals surface area contributed by atoms with E-state index >= 15 is 0 Å². The molecule has 0 bridgehead atoms. The Morgan fingerprint density at radius 1 is 1.11 bits per heavy atom. The molecule has 6 nitrogen and oxygen atoms in total. The zero-order valence-corrected chi connectivity index (χ0v) is 15.1.